The van der Waals surface area contributed by atoms with Crippen molar-refractivity contribution in [3.63, 3.8) is 0 Å². The first-order chi connectivity index (χ1) is 5.83. The van der Waals surface area contributed by atoms with Gasteiger partial charge in [-0.15, -0.1) is 0 Å². The minimum absolute atomic E-state index is 0.675. The first kappa shape index (κ1) is 10.0. The molecule has 0 radical (unpaired) electrons. The highest BCUT2D eigenvalue weighted by Crippen LogP contribution is 2.33. The molecule has 2 nitrogen and oxygen atoms in total. The predicted octanol–water partition coefficient (Wildman–Crippen LogP) is 1.36. The Balaban J connectivity index is 2.40. The topological polar surface area (TPSA) is 38.0 Å². The molecule has 1 fully saturated rings. The highest BCUT2D eigenvalue weighted by atomic mass is 14.9. The Kier molecular flexibility index (Phi) is 4.02. The summed E-state index contributed by atoms with van der Waals surface area (Å²) < 4.78 is 0. The number of nitrogens with two attached hydrogens (primary N) is 1. The fourth-order valence-corrected chi connectivity index (χ4v) is 2.22. The molecule has 72 valence electrons. The lowest BCUT2D eigenvalue weighted by molar-refractivity contribution is 0.181. The van der Waals surface area contributed by atoms with Crippen LogP contribution in [0.4, 0.5) is 0 Å². The molecule has 0 bridgehead atoms. The Morgan fingerprint density at radius 3 is 2.42 bits per heavy atom. The molecule has 3 N–H and O–H groups in total. The van der Waals surface area contributed by atoms with Crippen LogP contribution >= 0.6 is 0 Å². The molecule has 0 amide bonds. The van der Waals surface area contributed by atoms with Gasteiger partial charge in [-0.1, -0.05) is 19.8 Å². The Labute approximate surface area is 75.9 Å². The normalized spacial score (nSPS) is 23.2. The van der Waals surface area contributed by atoms with Crippen molar-refractivity contribution >= 4 is 0 Å². The van der Waals surface area contributed by atoms with E-state index < -0.39 is 0 Å². The monoisotopic (exact) mass is 170 g/mol. The van der Waals surface area contributed by atoms with Gasteiger partial charge in [0.1, 0.15) is 0 Å². The first-order valence-electron chi connectivity index (χ1n) is 5.20. The fraction of sp³-hybridized carbons (Fsp3) is 1.00. The van der Waals surface area contributed by atoms with Gasteiger partial charge in [-0.25, -0.2) is 0 Å². The van der Waals surface area contributed by atoms with E-state index in [4.69, 9.17) is 5.73 Å². The highest BCUT2D eigenvalue weighted by molar-refractivity contribution is 4.86. The van der Waals surface area contributed by atoms with Crippen LogP contribution in [-0.2, 0) is 0 Å². The fourth-order valence-electron chi connectivity index (χ4n) is 2.22. The summed E-state index contributed by atoms with van der Waals surface area (Å²) in [6.07, 6.45) is 5.44. The van der Waals surface area contributed by atoms with E-state index in [0.717, 1.165) is 12.5 Å². The lowest BCUT2D eigenvalue weighted by atomic mass is 9.74. The van der Waals surface area contributed by atoms with Gasteiger partial charge in [-0.3, -0.25) is 0 Å². The number of hydrogen-bond acceptors (Lipinski definition) is 2. The van der Waals surface area contributed by atoms with Crippen LogP contribution in [0.1, 0.15) is 32.6 Å². The largest absolute Gasteiger partial charge is 0.330 e. The average Bonchev–Trinajstić information content (AvgIpc) is 2.01. The zero-order chi connectivity index (χ0) is 8.97. The third-order valence-corrected chi connectivity index (χ3v) is 3.33. The van der Waals surface area contributed by atoms with Gasteiger partial charge >= 0.3 is 0 Å². The molecule has 1 rings (SSSR count). The third-order valence-electron chi connectivity index (χ3n) is 3.33. The summed E-state index contributed by atoms with van der Waals surface area (Å²) in [7, 11) is 2.07. The van der Waals surface area contributed by atoms with E-state index in [9.17, 15) is 0 Å². The maximum atomic E-state index is 5.74. The minimum Gasteiger partial charge on any atom is -0.330 e. The van der Waals surface area contributed by atoms with Gasteiger partial charge < -0.3 is 11.1 Å². The zero-order valence-corrected chi connectivity index (χ0v) is 8.34. The van der Waals surface area contributed by atoms with Crippen LogP contribution in [0.15, 0.2) is 0 Å². The van der Waals surface area contributed by atoms with Gasteiger partial charge in [0.05, 0.1) is 0 Å². The standard InChI is InChI=1S/C10H22N2/c1-3-8(7-11)10(12-2)9-5-4-6-9/h8-10,12H,3-7,11H2,1-2H3. The Morgan fingerprint density at radius 2 is 2.17 bits per heavy atom. The molecular formula is C10H22N2. The summed E-state index contributed by atoms with van der Waals surface area (Å²) in [5.74, 6) is 1.59. The molecule has 0 aromatic carbocycles. The van der Waals surface area contributed by atoms with E-state index in [1.54, 1.807) is 0 Å². The predicted molar refractivity (Wildman–Crippen MR) is 53.0 cm³/mol. The van der Waals surface area contributed by atoms with E-state index in [1.807, 2.05) is 0 Å². The van der Waals surface area contributed by atoms with Crippen molar-refractivity contribution in [1.29, 1.82) is 0 Å². The molecule has 2 unspecified atom stereocenters. The van der Waals surface area contributed by atoms with Crippen molar-refractivity contribution in [2.75, 3.05) is 13.6 Å². The molecule has 0 saturated heterocycles. The zero-order valence-electron chi connectivity index (χ0n) is 8.34. The number of nitrogens with one attached hydrogen (secondary N) is 1. The molecule has 0 spiro atoms. The molecular weight excluding hydrogens is 148 g/mol. The lowest BCUT2D eigenvalue weighted by Crippen LogP contribution is -2.45. The van der Waals surface area contributed by atoms with Gasteiger partial charge in [-0.05, 0) is 38.3 Å². The summed E-state index contributed by atoms with van der Waals surface area (Å²) >= 11 is 0. The molecule has 12 heavy (non-hydrogen) atoms. The van der Waals surface area contributed by atoms with Crippen LogP contribution in [0.3, 0.4) is 0 Å². The van der Waals surface area contributed by atoms with Gasteiger partial charge in [-0.2, -0.15) is 0 Å². The first-order valence-corrected chi connectivity index (χ1v) is 5.20. The molecule has 2 heteroatoms. The van der Waals surface area contributed by atoms with Gasteiger partial charge in [0.25, 0.3) is 0 Å². The van der Waals surface area contributed by atoms with Crippen LogP contribution in [0.25, 0.3) is 0 Å². The van der Waals surface area contributed by atoms with Crippen molar-refractivity contribution < 1.29 is 0 Å². The van der Waals surface area contributed by atoms with Crippen molar-refractivity contribution in [2.24, 2.45) is 17.6 Å². The maximum Gasteiger partial charge on any atom is 0.0132 e. The van der Waals surface area contributed by atoms with E-state index in [0.29, 0.717) is 12.0 Å². The molecule has 0 aromatic heterocycles. The van der Waals surface area contributed by atoms with Crippen molar-refractivity contribution in [1.82, 2.24) is 5.32 Å². The van der Waals surface area contributed by atoms with E-state index >= 15 is 0 Å². The molecule has 0 heterocycles. The smallest absolute Gasteiger partial charge is 0.0132 e. The third kappa shape index (κ3) is 1.99. The summed E-state index contributed by atoms with van der Waals surface area (Å²) in [5, 5.41) is 3.43. The molecule has 1 aliphatic rings. The van der Waals surface area contributed by atoms with E-state index in [1.165, 1.54) is 25.7 Å². The quantitative estimate of drug-likeness (QED) is 0.654. The Hall–Kier alpha value is -0.0800. The van der Waals surface area contributed by atoms with Crippen molar-refractivity contribution in [2.45, 2.75) is 38.6 Å². The minimum atomic E-state index is 0.675. The van der Waals surface area contributed by atoms with Crippen LogP contribution in [0.2, 0.25) is 0 Å². The summed E-state index contributed by atoms with van der Waals surface area (Å²) in [5.41, 5.74) is 5.74. The molecule has 1 saturated carbocycles. The van der Waals surface area contributed by atoms with Crippen LogP contribution < -0.4 is 11.1 Å². The number of hydrogen-bond donors (Lipinski definition) is 2. The van der Waals surface area contributed by atoms with Crippen molar-refractivity contribution in [3.05, 3.63) is 0 Å². The Bertz CT molecular complexity index is 117. The van der Waals surface area contributed by atoms with Gasteiger partial charge in [0.2, 0.25) is 0 Å². The SMILES string of the molecule is CCC(CN)C(NC)C1CCC1. The second kappa shape index (κ2) is 4.83. The number of rotatable bonds is 5. The summed E-state index contributed by atoms with van der Waals surface area (Å²) in [6.45, 7) is 3.07. The lowest BCUT2D eigenvalue weighted by Gasteiger charge is -2.38. The molecule has 2 atom stereocenters. The van der Waals surface area contributed by atoms with Crippen LogP contribution in [-0.4, -0.2) is 19.6 Å². The van der Waals surface area contributed by atoms with Gasteiger partial charge in [0, 0.05) is 6.04 Å². The van der Waals surface area contributed by atoms with Gasteiger partial charge in [0.15, 0.2) is 0 Å². The second-order valence-corrected chi connectivity index (χ2v) is 3.91. The van der Waals surface area contributed by atoms with Crippen LogP contribution in [0.5, 0.6) is 0 Å². The van der Waals surface area contributed by atoms with Crippen LogP contribution in [0, 0.1) is 11.8 Å². The second-order valence-electron chi connectivity index (χ2n) is 3.91. The molecule has 0 aliphatic heterocycles. The molecule has 0 aromatic rings. The Morgan fingerprint density at radius 1 is 1.50 bits per heavy atom. The summed E-state index contributed by atoms with van der Waals surface area (Å²) in [6, 6.07) is 0.675. The summed E-state index contributed by atoms with van der Waals surface area (Å²) in [4.78, 5) is 0. The van der Waals surface area contributed by atoms with E-state index in [2.05, 4.69) is 19.3 Å². The maximum absolute atomic E-state index is 5.74. The van der Waals surface area contributed by atoms with Crippen molar-refractivity contribution in [3.8, 4) is 0 Å². The highest BCUT2D eigenvalue weighted by Gasteiger charge is 2.30. The van der Waals surface area contributed by atoms with E-state index in [-0.39, 0.29) is 0 Å². The average molecular weight is 170 g/mol. The molecule has 1 aliphatic carbocycles.